The summed E-state index contributed by atoms with van der Waals surface area (Å²) in [6.45, 7) is 7.27. The maximum absolute atomic E-state index is 11.0. The highest BCUT2D eigenvalue weighted by Gasteiger charge is 2.26. The molecule has 1 aliphatic rings. The number of carbonyl (C=O) groups is 1. The molecule has 1 fully saturated rings. The second kappa shape index (κ2) is 7.00. The van der Waals surface area contributed by atoms with E-state index in [9.17, 15) is 4.79 Å². The molecular weight excluding hydrogens is 214 g/mol. The van der Waals surface area contributed by atoms with Crippen molar-refractivity contribution in [3.05, 3.63) is 0 Å². The van der Waals surface area contributed by atoms with Crippen LogP contribution in [0.3, 0.4) is 0 Å². The summed E-state index contributed by atoms with van der Waals surface area (Å²) in [5.74, 6) is -0.674. The zero-order chi connectivity index (χ0) is 12.7. The van der Waals surface area contributed by atoms with Crippen molar-refractivity contribution in [2.24, 2.45) is 5.41 Å². The van der Waals surface area contributed by atoms with Crippen LogP contribution in [0.4, 0.5) is 0 Å². The van der Waals surface area contributed by atoms with Gasteiger partial charge in [-0.2, -0.15) is 0 Å². The van der Waals surface area contributed by atoms with Gasteiger partial charge in [-0.05, 0) is 59.2 Å². The standard InChI is InChI=1S/C14H27NO2/c1-14(2,13(16)17)9-5-8-12-15-10-6-3-4-7-11-15/h3-12H2,1-2H3,(H,16,17). The minimum Gasteiger partial charge on any atom is -0.481 e. The number of nitrogens with zero attached hydrogens (tertiary/aromatic N) is 1. The zero-order valence-electron chi connectivity index (χ0n) is 11.4. The SMILES string of the molecule is CC(C)(CCCCN1CCCCCC1)C(=O)O. The van der Waals surface area contributed by atoms with E-state index in [-0.39, 0.29) is 0 Å². The number of unbranched alkanes of at least 4 members (excludes halogenated alkanes) is 1. The van der Waals surface area contributed by atoms with Gasteiger partial charge in [0.15, 0.2) is 0 Å². The van der Waals surface area contributed by atoms with Gasteiger partial charge in [0.05, 0.1) is 5.41 Å². The Morgan fingerprint density at radius 1 is 1.12 bits per heavy atom. The molecule has 3 nitrogen and oxygen atoms in total. The quantitative estimate of drug-likeness (QED) is 0.726. The van der Waals surface area contributed by atoms with Crippen LogP contribution in [0.25, 0.3) is 0 Å². The van der Waals surface area contributed by atoms with Crippen molar-refractivity contribution in [2.75, 3.05) is 19.6 Å². The van der Waals surface area contributed by atoms with Crippen LogP contribution in [0.5, 0.6) is 0 Å². The molecule has 0 aliphatic carbocycles. The Labute approximate surface area is 105 Å². The first kappa shape index (κ1) is 14.5. The van der Waals surface area contributed by atoms with Gasteiger partial charge in [-0.3, -0.25) is 4.79 Å². The van der Waals surface area contributed by atoms with Crippen LogP contribution in [0.2, 0.25) is 0 Å². The maximum Gasteiger partial charge on any atom is 0.309 e. The molecule has 3 heteroatoms. The van der Waals surface area contributed by atoms with E-state index in [1.54, 1.807) is 0 Å². The molecular formula is C14H27NO2. The van der Waals surface area contributed by atoms with Crippen LogP contribution in [-0.2, 0) is 4.79 Å². The van der Waals surface area contributed by atoms with E-state index >= 15 is 0 Å². The molecule has 0 spiro atoms. The van der Waals surface area contributed by atoms with Crippen LogP contribution in [0.1, 0.15) is 58.8 Å². The van der Waals surface area contributed by atoms with Gasteiger partial charge in [0.25, 0.3) is 0 Å². The largest absolute Gasteiger partial charge is 0.481 e. The third-order valence-electron chi connectivity index (χ3n) is 3.80. The number of aliphatic carboxylic acids is 1. The first-order valence-corrected chi connectivity index (χ1v) is 6.98. The summed E-state index contributed by atoms with van der Waals surface area (Å²) in [6, 6.07) is 0. The summed E-state index contributed by atoms with van der Waals surface area (Å²) in [5, 5.41) is 9.02. The second-order valence-corrected chi connectivity index (χ2v) is 5.90. The van der Waals surface area contributed by atoms with Crippen LogP contribution < -0.4 is 0 Å². The third kappa shape index (κ3) is 5.53. The lowest BCUT2D eigenvalue weighted by Crippen LogP contribution is -2.27. The molecule has 0 unspecified atom stereocenters. The number of hydrogen-bond donors (Lipinski definition) is 1. The highest BCUT2D eigenvalue weighted by atomic mass is 16.4. The van der Waals surface area contributed by atoms with Crippen LogP contribution in [0.15, 0.2) is 0 Å². The molecule has 1 rings (SSSR count). The zero-order valence-corrected chi connectivity index (χ0v) is 11.4. The van der Waals surface area contributed by atoms with Crippen molar-refractivity contribution >= 4 is 5.97 Å². The topological polar surface area (TPSA) is 40.5 Å². The summed E-state index contributed by atoms with van der Waals surface area (Å²) in [4.78, 5) is 13.5. The first-order valence-electron chi connectivity index (χ1n) is 6.98. The van der Waals surface area contributed by atoms with Crippen LogP contribution >= 0.6 is 0 Å². The van der Waals surface area contributed by atoms with E-state index in [1.807, 2.05) is 13.8 Å². The summed E-state index contributed by atoms with van der Waals surface area (Å²) >= 11 is 0. The van der Waals surface area contributed by atoms with E-state index in [2.05, 4.69) is 4.90 Å². The van der Waals surface area contributed by atoms with Gasteiger partial charge >= 0.3 is 5.97 Å². The summed E-state index contributed by atoms with van der Waals surface area (Å²) in [5.41, 5.74) is -0.557. The number of hydrogen-bond acceptors (Lipinski definition) is 2. The first-order chi connectivity index (χ1) is 8.02. The molecule has 0 aromatic carbocycles. The summed E-state index contributed by atoms with van der Waals surface area (Å²) in [6.07, 6.45) is 8.37. The smallest absolute Gasteiger partial charge is 0.309 e. The molecule has 0 saturated carbocycles. The Bertz CT molecular complexity index is 230. The van der Waals surface area contributed by atoms with E-state index in [4.69, 9.17) is 5.11 Å². The van der Waals surface area contributed by atoms with Crippen LogP contribution in [0, 0.1) is 5.41 Å². The minimum atomic E-state index is -0.674. The molecule has 0 amide bonds. The average molecular weight is 241 g/mol. The molecule has 0 aromatic heterocycles. The number of rotatable bonds is 6. The van der Waals surface area contributed by atoms with Gasteiger partial charge in [0, 0.05) is 0 Å². The molecule has 100 valence electrons. The fourth-order valence-corrected chi connectivity index (χ4v) is 2.37. The normalized spacial score (nSPS) is 18.9. The molecule has 1 heterocycles. The maximum atomic E-state index is 11.0. The number of likely N-dealkylation sites (tertiary alicyclic amines) is 1. The predicted molar refractivity (Wildman–Crippen MR) is 70.2 cm³/mol. The molecule has 0 radical (unpaired) electrons. The summed E-state index contributed by atoms with van der Waals surface area (Å²) in [7, 11) is 0. The molecule has 0 bridgehead atoms. The van der Waals surface area contributed by atoms with E-state index in [0.717, 1.165) is 25.8 Å². The van der Waals surface area contributed by atoms with Crippen molar-refractivity contribution in [3.8, 4) is 0 Å². The van der Waals surface area contributed by atoms with E-state index < -0.39 is 11.4 Å². The lowest BCUT2D eigenvalue weighted by Gasteiger charge is -2.22. The Kier molecular flexibility index (Phi) is 5.96. The lowest BCUT2D eigenvalue weighted by molar-refractivity contribution is -0.147. The monoisotopic (exact) mass is 241 g/mol. The molecule has 0 atom stereocenters. The van der Waals surface area contributed by atoms with Crippen LogP contribution in [-0.4, -0.2) is 35.6 Å². The highest BCUT2D eigenvalue weighted by Crippen LogP contribution is 2.23. The molecule has 0 aromatic rings. The van der Waals surface area contributed by atoms with Gasteiger partial charge in [0.2, 0.25) is 0 Å². The Balaban J connectivity index is 2.12. The lowest BCUT2D eigenvalue weighted by atomic mass is 9.87. The van der Waals surface area contributed by atoms with Gasteiger partial charge in [-0.25, -0.2) is 0 Å². The van der Waals surface area contributed by atoms with Crippen molar-refractivity contribution in [2.45, 2.75) is 58.8 Å². The van der Waals surface area contributed by atoms with Gasteiger partial charge in [-0.15, -0.1) is 0 Å². The summed E-state index contributed by atoms with van der Waals surface area (Å²) < 4.78 is 0. The van der Waals surface area contributed by atoms with Gasteiger partial charge in [0.1, 0.15) is 0 Å². The average Bonchev–Trinajstić information content (AvgIpc) is 2.52. The van der Waals surface area contributed by atoms with Gasteiger partial charge < -0.3 is 10.0 Å². The van der Waals surface area contributed by atoms with Crippen molar-refractivity contribution in [3.63, 3.8) is 0 Å². The van der Waals surface area contributed by atoms with Crippen molar-refractivity contribution in [1.29, 1.82) is 0 Å². The molecule has 1 N–H and O–H groups in total. The Morgan fingerprint density at radius 2 is 1.71 bits per heavy atom. The Hall–Kier alpha value is -0.570. The van der Waals surface area contributed by atoms with Crippen molar-refractivity contribution in [1.82, 2.24) is 4.90 Å². The number of carboxylic acid groups (broad SMARTS) is 1. The molecule has 1 aliphatic heterocycles. The van der Waals surface area contributed by atoms with E-state index in [1.165, 1.54) is 38.8 Å². The van der Waals surface area contributed by atoms with E-state index in [0.29, 0.717) is 0 Å². The highest BCUT2D eigenvalue weighted by molar-refractivity contribution is 5.73. The third-order valence-corrected chi connectivity index (χ3v) is 3.80. The van der Waals surface area contributed by atoms with Crippen molar-refractivity contribution < 1.29 is 9.90 Å². The second-order valence-electron chi connectivity index (χ2n) is 5.90. The molecule has 1 saturated heterocycles. The fraction of sp³-hybridized carbons (Fsp3) is 0.929. The minimum absolute atomic E-state index is 0.557. The number of carboxylic acids is 1. The fourth-order valence-electron chi connectivity index (χ4n) is 2.37. The molecule has 17 heavy (non-hydrogen) atoms. The Morgan fingerprint density at radius 3 is 2.24 bits per heavy atom. The van der Waals surface area contributed by atoms with Gasteiger partial charge in [-0.1, -0.05) is 19.3 Å². The predicted octanol–water partition coefficient (Wildman–Crippen LogP) is 3.14.